The van der Waals surface area contributed by atoms with Gasteiger partial charge in [-0.05, 0) is 117 Å². The van der Waals surface area contributed by atoms with Crippen molar-refractivity contribution in [3.8, 4) is 39.6 Å². The number of para-hydroxylation sites is 2. The van der Waals surface area contributed by atoms with Crippen molar-refractivity contribution in [2.45, 2.75) is 45.4 Å². The van der Waals surface area contributed by atoms with Gasteiger partial charge >= 0.3 is 0 Å². The van der Waals surface area contributed by atoms with Crippen LogP contribution in [0.4, 0.5) is 22.7 Å². The number of fused-ring (bicyclic) bond motifs is 4. The minimum Gasteiger partial charge on any atom is -0.457 e. The molecule has 3 heterocycles. The van der Waals surface area contributed by atoms with Crippen molar-refractivity contribution in [1.29, 1.82) is 0 Å². The molecule has 11 rings (SSSR count). The first-order chi connectivity index (χ1) is 32.1. The van der Waals surface area contributed by atoms with E-state index in [1.807, 2.05) is 12.3 Å². The Morgan fingerprint density at radius 3 is 1.79 bits per heavy atom. The van der Waals surface area contributed by atoms with Crippen LogP contribution in [0.15, 0.2) is 212 Å². The molecule has 0 amide bonds. The predicted octanol–water partition coefficient (Wildman–Crippen LogP) is 16.2. The Morgan fingerprint density at radius 1 is 0.424 bits per heavy atom. The molecule has 0 bridgehead atoms. The highest BCUT2D eigenvalue weighted by Gasteiger charge is 2.31. The Balaban J connectivity index is 0.962. The van der Waals surface area contributed by atoms with Gasteiger partial charge < -0.3 is 14.5 Å². The van der Waals surface area contributed by atoms with E-state index in [2.05, 4.69) is 249 Å². The molecule has 0 radical (unpaired) electrons. The summed E-state index contributed by atoms with van der Waals surface area (Å²) in [6, 6.07) is 74.0. The fourth-order valence-corrected chi connectivity index (χ4v) is 9.58. The van der Waals surface area contributed by atoms with Gasteiger partial charge in [0.25, 0.3) is 0 Å². The predicted molar refractivity (Wildman–Crippen MR) is 275 cm³/mol. The zero-order valence-electron chi connectivity index (χ0n) is 38.1. The van der Waals surface area contributed by atoms with Crippen molar-refractivity contribution < 1.29 is 4.74 Å². The van der Waals surface area contributed by atoms with Crippen LogP contribution in [0.5, 0.6) is 11.5 Å². The van der Waals surface area contributed by atoms with E-state index in [9.17, 15) is 0 Å². The maximum absolute atomic E-state index is 6.83. The van der Waals surface area contributed by atoms with E-state index < -0.39 is 0 Å². The lowest BCUT2D eigenvalue weighted by molar-refractivity contribution is 0.483. The first kappa shape index (κ1) is 40.9. The van der Waals surface area contributed by atoms with Crippen molar-refractivity contribution in [3.05, 3.63) is 229 Å². The van der Waals surface area contributed by atoms with Crippen molar-refractivity contribution in [2.24, 2.45) is 0 Å². The summed E-state index contributed by atoms with van der Waals surface area (Å²) in [7, 11) is 0. The molecule has 0 fully saturated rings. The highest BCUT2D eigenvalue weighted by atomic mass is 16.5. The van der Waals surface area contributed by atoms with Gasteiger partial charge in [0, 0.05) is 45.9 Å². The first-order valence-corrected chi connectivity index (χ1v) is 22.9. The first-order valence-electron chi connectivity index (χ1n) is 22.9. The smallest absolute Gasteiger partial charge is 0.137 e. The minimum absolute atomic E-state index is 0.0302. The zero-order valence-corrected chi connectivity index (χ0v) is 38.1. The molecule has 0 saturated heterocycles. The van der Waals surface area contributed by atoms with Gasteiger partial charge in [-0.2, -0.15) is 0 Å². The maximum atomic E-state index is 6.83. The summed E-state index contributed by atoms with van der Waals surface area (Å²) in [5.41, 5.74) is 15.0. The molecule has 322 valence electrons. The number of hydrogen-bond acceptors (Lipinski definition) is 4. The van der Waals surface area contributed by atoms with E-state index >= 15 is 0 Å². The van der Waals surface area contributed by atoms with E-state index in [-0.39, 0.29) is 10.8 Å². The molecule has 5 heteroatoms. The monoisotopic (exact) mass is 856 g/mol. The van der Waals surface area contributed by atoms with Gasteiger partial charge in [-0.25, -0.2) is 4.98 Å². The number of aromatic nitrogens is 2. The third kappa shape index (κ3) is 7.46. The van der Waals surface area contributed by atoms with Crippen LogP contribution in [0, 0.1) is 0 Å². The van der Waals surface area contributed by atoms with Crippen LogP contribution in [0.2, 0.25) is 0 Å². The average molecular weight is 857 g/mol. The van der Waals surface area contributed by atoms with E-state index in [1.54, 1.807) is 0 Å². The minimum atomic E-state index is -0.221. The molecular weight excluding hydrogens is 805 g/mol. The van der Waals surface area contributed by atoms with Gasteiger partial charge in [-0.15, -0.1) is 0 Å². The molecule has 10 aromatic rings. The van der Waals surface area contributed by atoms with Crippen molar-refractivity contribution >= 4 is 44.6 Å². The normalized spacial score (nSPS) is 12.8. The standard InChI is InChI=1S/C61H52N4O/c1-60(2,3)47-32-33-62-59(38-47)65-55-31-28-44(42-18-9-6-10-19-42)36-54(55)53-30-29-52(40-58(53)65)66-51-25-17-24-49(39-51)63-41-64(57-27-16-15-26-56(57)63)50-35-45(43-20-11-7-12-21-43)34-48(37-50)61(4,5)46-22-13-8-14-23-46/h6-40H,41H2,1-5H3. The van der Waals surface area contributed by atoms with Crippen LogP contribution in [-0.4, -0.2) is 16.2 Å². The van der Waals surface area contributed by atoms with Crippen molar-refractivity contribution in [2.75, 3.05) is 16.5 Å². The van der Waals surface area contributed by atoms with Gasteiger partial charge in [-0.1, -0.05) is 156 Å². The zero-order chi connectivity index (χ0) is 45.0. The van der Waals surface area contributed by atoms with Gasteiger partial charge in [0.05, 0.1) is 22.4 Å². The fourth-order valence-electron chi connectivity index (χ4n) is 9.58. The molecule has 66 heavy (non-hydrogen) atoms. The summed E-state index contributed by atoms with van der Waals surface area (Å²) in [5.74, 6) is 2.41. The molecule has 0 spiro atoms. The lowest BCUT2D eigenvalue weighted by Crippen LogP contribution is -2.25. The van der Waals surface area contributed by atoms with Gasteiger partial charge in [0.15, 0.2) is 0 Å². The second-order valence-electron chi connectivity index (χ2n) is 19.0. The largest absolute Gasteiger partial charge is 0.457 e. The number of nitrogens with zero attached hydrogens (tertiary/aromatic N) is 4. The fraction of sp³-hybridized carbons (Fsp3) is 0.131. The molecular formula is C61H52N4O. The lowest BCUT2D eigenvalue weighted by atomic mass is 9.77. The molecule has 0 atom stereocenters. The Labute approximate surface area is 387 Å². The molecule has 8 aromatic carbocycles. The summed E-state index contributed by atoms with van der Waals surface area (Å²) in [6.07, 6.45) is 1.93. The highest BCUT2D eigenvalue weighted by molar-refractivity contribution is 6.10. The van der Waals surface area contributed by atoms with Crippen LogP contribution < -0.4 is 14.5 Å². The van der Waals surface area contributed by atoms with Gasteiger partial charge in [0.1, 0.15) is 24.0 Å². The highest BCUT2D eigenvalue weighted by Crippen LogP contribution is 2.47. The number of benzene rings is 8. The summed E-state index contributed by atoms with van der Waals surface area (Å²) in [6.45, 7) is 12.0. The number of hydrogen-bond donors (Lipinski definition) is 0. The summed E-state index contributed by atoms with van der Waals surface area (Å²) < 4.78 is 9.11. The molecule has 1 aliphatic rings. The Bertz CT molecular complexity index is 3390. The number of anilines is 4. The quantitative estimate of drug-likeness (QED) is 0.145. The van der Waals surface area contributed by atoms with Crippen LogP contribution in [0.1, 0.15) is 51.3 Å². The van der Waals surface area contributed by atoms with Crippen LogP contribution >= 0.6 is 0 Å². The number of pyridine rings is 1. The molecule has 0 saturated carbocycles. The lowest BCUT2D eigenvalue weighted by Gasteiger charge is -2.29. The maximum Gasteiger partial charge on any atom is 0.137 e. The molecule has 2 aromatic heterocycles. The summed E-state index contributed by atoms with van der Waals surface area (Å²) in [4.78, 5) is 9.79. The second kappa shape index (κ2) is 16.3. The van der Waals surface area contributed by atoms with E-state index in [4.69, 9.17) is 9.72 Å². The van der Waals surface area contributed by atoms with Crippen molar-refractivity contribution in [3.63, 3.8) is 0 Å². The third-order valence-corrected chi connectivity index (χ3v) is 13.4. The molecule has 0 N–H and O–H groups in total. The summed E-state index contributed by atoms with van der Waals surface area (Å²) in [5, 5.41) is 2.32. The van der Waals surface area contributed by atoms with Crippen LogP contribution in [0.3, 0.4) is 0 Å². The average Bonchev–Trinajstić information content (AvgIpc) is 3.90. The SMILES string of the molecule is CC(C)(C)c1ccnc(-n2c3ccc(-c4ccccc4)cc3c3ccc(Oc4cccc(N5CN(c6cc(-c7ccccc7)cc(C(C)(C)c7ccccc7)c6)c6ccccc65)c4)cc32)c1. The second-order valence-corrected chi connectivity index (χ2v) is 19.0. The Morgan fingerprint density at radius 2 is 1.08 bits per heavy atom. The molecule has 1 aliphatic heterocycles. The summed E-state index contributed by atoms with van der Waals surface area (Å²) >= 11 is 0. The Kier molecular flexibility index (Phi) is 10.1. The third-order valence-electron chi connectivity index (χ3n) is 13.4. The van der Waals surface area contributed by atoms with Gasteiger partial charge in [0.2, 0.25) is 0 Å². The van der Waals surface area contributed by atoms with E-state index in [0.29, 0.717) is 6.67 Å². The number of ether oxygens (including phenoxy) is 1. The molecule has 0 unspecified atom stereocenters. The van der Waals surface area contributed by atoms with Crippen LogP contribution in [-0.2, 0) is 10.8 Å². The van der Waals surface area contributed by atoms with Crippen molar-refractivity contribution in [1.82, 2.24) is 9.55 Å². The topological polar surface area (TPSA) is 33.5 Å². The Hall–Kier alpha value is -7.89. The number of rotatable bonds is 9. The molecule has 5 nitrogen and oxygen atoms in total. The van der Waals surface area contributed by atoms with Gasteiger partial charge in [-0.3, -0.25) is 4.57 Å². The van der Waals surface area contributed by atoms with E-state index in [0.717, 1.165) is 56.5 Å². The molecule has 0 aliphatic carbocycles. The van der Waals surface area contributed by atoms with E-state index in [1.165, 1.54) is 44.3 Å². The van der Waals surface area contributed by atoms with Crippen LogP contribution in [0.25, 0.3) is 49.9 Å².